The fourth-order valence-electron chi connectivity index (χ4n) is 3.17. The molecule has 180 valence electrons. The fraction of sp³-hybridized carbons (Fsp3) is 0.240. The topological polar surface area (TPSA) is 103 Å². The van der Waals surface area contributed by atoms with Gasteiger partial charge in [0.25, 0.3) is 15.9 Å². The lowest BCUT2D eigenvalue weighted by Crippen LogP contribution is -2.17. The van der Waals surface area contributed by atoms with Gasteiger partial charge in [0.1, 0.15) is 18.1 Å². The Morgan fingerprint density at radius 3 is 2.35 bits per heavy atom. The van der Waals surface area contributed by atoms with E-state index in [2.05, 4.69) is 10.0 Å². The molecule has 3 aromatic carbocycles. The van der Waals surface area contributed by atoms with Crippen molar-refractivity contribution in [1.29, 1.82) is 0 Å². The van der Waals surface area contributed by atoms with Crippen molar-refractivity contribution in [2.45, 2.75) is 18.7 Å². The average Bonchev–Trinajstić information content (AvgIpc) is 2.83. The van der Waals surface area contributed by atoms with Crippen molar-refractivity contribution < 1.29 is 27.4 Å². The number of nitrogens with one attached hydrogen (secondary N) is 2. The first-order valence-electron chi connectivity index (χ1n) is 10.7. The second-order valence-electron chi connectivity index (χ2n) is 7.31. The molecular weight excluding hydrogens is 456 g/mol. The highest BCUT2D eigenvalue weighted by molar-refractivity contribution is 7.92. The van der Waals surface area contributed by atoms with Crippen molar-refractivity contribution in [2.24, 2.45) is 0 Å². The Labute approximate surface area is 199 Å². The standard InChI is InChI=1S/C25H28N2O6S/c1-4-32-15-16-33-23-8-6-5-7-22(23)25(28)26-20-10-9-18(2)24(17-20)34(29,30)27-19-11-13-21(31-3)14-12-19/h5-14,17,27H,4,15-16H2,1-3H3,(H,26,28). The van der Waals surface area contributed by atoms with Crippen LogP contribution in [0.2, 0.25) is 0 Å². The lowest BCUT2D eigenvalue weighted by molar-refractivity contribution is 0.0998. The van der Waals surface area contributed by atoms with E-state index >= 15 is 0 Å². The van der Waals surface area contributed by atoms with E-state index in [0.717, 1.165) is 0 Å². The van der Waals surface area contributed by atoms with Gasteiger partial charge in [-0.3, -0.25) is 9.52 Å². The third-order valence-corrected chi connectivity index (χ3v) is 6.42. The van der Waals surface area contributed by atoms with Crippen LogP contribution in [0.15, 0.2) is 71.6 Å². The number of amides is 1. The SMILES string of the molecule is CCOCCOc1ccccc1C(=O)Nc1ccc(C)c(S(=O)(=O)Nc2ccc(OC)cc2)c1. The summed E-state index contributed by atoms with van der Waals surface area (Å²) in [7, 11) is -2.36. The van der Waals surface area contributed by atoms with Gasteiger partial charge >= 0.3 is 0 Å². The van der Waals surface area contributed by atoms with Crippen LogP contribution in [-0.4, -0.2) is 41.3 Å². The lowest BCUT2D eigenvalue weighted by atomic mass is 10.1. The van der Waals surface area contributed by atoms with Crippen molar-refractivity contribution in [2.75, 3.05) is 37.0 Å². The van der Waals surface area contributed by atoms with Crippen LogP contribution < -0.4 is 19.5 Å². The van der Waals surface area contributed by atoms with E-state index in [0.29, 0.717) is 53.8 Å². The van der Waals surface area contributed by atoms with Gasteiger partial charge in [0, 0.05) is 18.0 Å². The highest BCUT2D eigenvalue weighted by Gasteiger charge is 2.19. The minimum Gasteiger partial charge on any atom is -0.497 e. The second kappa shape index (κ2) is 11.5. The summed E-state index contributed by atoms with van der Waals surface area (Å²) in [4.78, 5) is 13.0. The van der Waals surface area contributed by atoms with E-state index in [9.17, 15) is 13.2 Å². The summed E-state index contributed by atoms with van der Waals surface area (Å²) >= 11 is 0. The zero-order valence-corrected chi connectivity index (χ0v) is 20.1. The number of anilines is 2. The van der Waals surface area contributed by atoms with E-state index in [-0.39, 0.29) is 4.90 Å². The summed E-state index contributed by atoms with van der Waals surface area (Å²) in [5.74, 6) is 0.620. The molecule has 34 heavy (non-hydrogen) atoms. The zero-order chi connectivity index (χ0) is 24.6. The highest BCUT2D eigenvalue weighted by Crippen LogP contribution is 2.25. The van der Waals surface area contributed by atoms with Crippen molar-refractivity contribution in [1.82, 2.24) is 0 Å². The minimum absolute atomic E-state index is 0.0577. The number of hydrogen-bond donors (Lipinski definition) is 2. The third-order valence-electron chi connectivity index (χ3n) is 4.90. The Balaban J connectivity index is 1.78. The molecule has 0 aliphatic carbocycles. The van der Waals surface area contributed by atoms with Crippen LogP contribution in [0.5, 0.6) is 11.5 Å². The number of hydrogen-bond acceptors (Lipinski definition) is 6. The normalized spacial score (nSPS) is 11.0. The molecule has 0 fully saturated rings. The molecule has 0 saturated carbocycles. The Morgan fingerprint density at radius 2 is 1.65 bits per heavy atom. The zero-order valence-electron chi connectivity index (χ0n) is 19.3. The average molecular weight is 485 g/mol. The number of carbonyl (C=O) groups is 1. The van der Waals surface area contributed by atoms with Crippen LogP contribution in [0.25, 0.3) is 0 Å². The molecule has 0 aromatic heterocycles. The van der Waals surface area contributed by atoms with E-state index in [1.807, 2.05) is 6.92 Å². The number of sulfonamides is 1. The smallest absolute Gasteiger partial charge is 0.262 e. The van der Waals surface area contributed by atoms with Crippen LogP contribution in [0.1, 0.15) is 22.8 Å². The van der Waals surface area contributed by atoms with Crippen LogP contribution >= 0.6 is 0 Å². The van der Waals surface area contributed by atoms with Gasteiger partial charge in [-0.15, -0.1) is 0 Å². The summed E-state index contributed by atoms with van der Waals surface area (Å²) < 4.78 is 44.6. The Morgan fingerprint density at radius 1 is 0.941 bits per heavy atom. The number of benzene rings is 3. The van der Waals surface area contributed by atoms with Crippen LogP contribution in [0.3, 0.4) is 0 Å². The summed E-state index contributed by atoms with van der Waals surface area (Å²) in [6.45, 7) is 4.88. The molecule has 0 saturated heterocycles. The summed E-state index contributed by atoms with van der Waals surface area (Å²) in [6.07, 6.45) is 0. The molecule has 0 unspecified atom stereocenters. The molecule has 2 N–H and O–H groups in total. The van der Waals surface area contributed by atoms with E-state index < -0.39 is 15.9 Å². The van der Waals surface area contributed by atoms with Crippen molar-refractivity contribution in [3.05, 3.63) is 77.9 Å². The van der Waals surface area contributed by atoms with E-state index in [1.54, 1.807) is 67.6 Å². The first kappa shape index (κ1) is 25.1. The van der Waals surface area contributed by atoms with Crippen molar-refractivity contribution >= 4 is 27.3 Å². The molecule has 0 heterocycles. The predicted molar refractivity (Wildman–Crippen MR) is 131 cm³/mol. The maximum atomic E-state index is 13.0. The molecule has 0 atom stereocenters. The molecule has 9 heteroatoms. The first-order chi connectivity index (χ1) is 16.3. The molecule has 0 aliphatic heterocycles. The van der Waals surface area contributed by atoms with Crippen molar-refractivity contribution in [3.8, 4) is 11.5 Å². The fourth-order valence-corrected chi connectivity index (χ4v) is 4.50. The molecule has 1 amide bonds. The monoisotopic (exact) mass is 484 g/mol. The van der Waals surface area contributed by atoms with Gasteiger partial charge in [-0.2, -0.15) is 0 Å². The van der Waals surface area contributed by atoms with Gasteiger partial charge in [-0.1, -0.05) is 18.2 Å². The number of aryl methyl sites for hydroxylation is 1. The van der Waals surface area contributed by atoms with Gasteiger partial charge < -0.3 is 19.5 Å². The molecule has 0 radical (unpaired) electrons. The third kappa shape index (κ3) is 6.49. The second-order valence-corrected chi connectivity index (χ2v) is 8.96. The number of rotatable bonds is 11. The molecule has 0 bridgehead atoms. The van der Waals surface area contributed by atoms with Crippen LogP contribution in [-0.2, 0) is 14.8 Å². The summed E-state index contributed by atoms with van der Waals surface area (Å²) in [5.41, 5.74) is 1.61. The largest absolute Gasteiger partial charge is 0.497 e. The maximum Gasteiger partial charge on any atom is 0.262 e. The van der Waals surface area contributed by atoms with Gasteiger partial charge in [0.2, 0.25) is 0 Å². The molecule has 3 aromatic rings. The quantitative estimate of drug-likeness (QED) is 0.389. The highest BCUT2D eigenvalue weighted by atomic mass is 32.2. The number of methoxy groups -OCH3 is 1. The summed E-state index contributed by atoms with van der Waals surface area (Å²) in [6, 6.07) is 18.1. The molecule has 0 spiro atoms. The molecule has 8 nitrogen and oxygen atoms in total. The Hall–Kier alpha value is -3.56. The van der Waals surface area contributed by atoms with Crippen molar-refractivity contribution in [3.63, 3.8) is 0 Å². The molecule has 3 rings (SSSR count). The Bertz CT molecular complexity index is 1230. The molecule has 0 aliphatic rings. The van der Waals surface area contributed by atoms with Gasteiger partial charge in [0.05, 0.1) is 24.2 Å². The Kier molecular flexibility index (Phi) is 8.50. The maximum absolute atomic E-state index is 13.0. The predicted octanol–water partition coefficient (Wildman–Crippen LogP) is 4.47. The van der Waals surface area contributed by atoms with Gasteiger partial charge in [0.15, 0.2) is 0 Å². The first-order valence-corrected chi connectivity index (χ1v) is 12.2. The van der Waals surface area contributed by atoms with Crippen LogP contribution in [0.4, 0.5) is 11.4 Å². The minimum atomic E-state index is -3.89. The van der Waals surface area contributed by atoms with E-state index in [1.165, 1.54) is 13.2 Å². The van der Waals surface area contributed by atoms with Crippen LogP contribution in [0, 0.1) is 6.92 Å². The van der Waals surface area contributed by atoms with E-state index in [4.69, 9.17) is 14.2 Å². The lowest BCUT2D eigenvalue weighted by Gasteiger charge is -2.14. The number of ether oxygens (including phenoxy) is 3. The number of para-hydroxylation sites is 1. The summed E-state index contributed by atoms with van der Waals surface area (Å²) in [5, 5.41) is 2.76. The number of carbonyl (C=O) groups excluding carboxylic acids is 1. The van der Waals surface area contributed by atoms with Gasteiger partial charge in [-0.25, -0.2) is 8.42 Å². The molecular formula is C25H28N2O6S. The van der Waals surface area contributed by atoms with Gasteiger partial charge in [-0.05, 0) is 67.9 Å².